The molecule has 6 heteroatoms. The molecule has 0 amide bonds. The van der Waals surface area contributed by atoms with E-state index in [0.717, 1.165) is 0 Å². The Kier molecular flexibility index (Phi) is 3.60. The summed E-state index contributed by atoms with van der Waals surface area (Å²) in [7, 11) is 0. The van der Waals surface area contributed by atoms with Gasteiger partial charge in [-0.1, -0.05) is 22.0 Å². The van der Waals surface area contributed by atoms with Crippen LogP contribution in [0.2, 0.25) is 0 Å². The monoisotopic (exact) mass is 277 g/mol. The first-order valence-corrected chi connectivity index (χ1v) is 4.79. The predicted octanol–water partition coefficient (Wildman–Crippen LogP) is 2.67. The van der Waals surface area contributed by atoms with Crippen molar-refractivity contribution < 1.29 is 9.72 Å². The van der Waals surface area contributed by atoms with Crippen LogP contribution in [-0.2, 0) is 11.2 Å². The van der Waals surface area contributed by atoms with E-state index in [2.05, 4.69) is 15.9 Å². The molecule has 0 radical (unpaired) electrons. The molecule has 0 fully saturated rings. The van der Waals surface area contributed by atoms with Crippen molar-refractivity contribution >= 4 is 38.5 Å². The topological polar surface area (TPSA) is 60.2 Å². The minimum Gasteiger partial charge on any atom is -0.281 e. The first-order chi connectivity index (χ1) is 6.52. The van der Waals surface area contributed by atoms with Crippen molar-refractivity contribution in [3.8, 4) is 0 Å². The summed E-state index contributed by atoms with van der Waals surface area (Å²) in [6.07, 6.45) is -0.153. The summed E-state index contributed by atoms with van der Waals surface area (Å²) < 4.78 is 0.515. The summed E-state index contributed by atoms with van der Waals surface area (Å²) in [5, 5.41) is 9.96. The summed E-state index contributed by atoms with van der Waals surface area (Å²) in [5.74, 6) is 0. The van der Waals surface area contributed by atoms with Gasteiger partial charge in [0.1, 0.15) is 0 Å². The Morgan fingerprint density at radius 2 is 2.21 bits per heavy atom. The Bertz CT molecular complexity index is 394. The fourth-order valence-electron chi connectivity index (χ4n) is 1.03. The molecule has 0 aliphatic carbocycles. The molecular formula is C8H5BrClNO3. The quantitative estimate of drug-likeness (QED) is 0.485. The fraction of sp³-hybridized carbons (Fsp3) is 0.125. The molecule has 0 saturated carbocycles. The first kappa shape index (κ1) is 11.1. The lowest BCUT2D eigenvalue weighted by Gasteiger charge is -2.01. The van der Waals surface area contributed by atoms with Gasteiger partial charge < -0.3 is 0 Å². The lowest BCUT2D eigenvalue weighted by atomic mass is 10.1. The molecule has 0 aromatic heterocycles. The van der Waals surface area contributed by atoms with Gasteiger partial charge in [-0.2, -0.15) is 0 Å². The molecule has 74 valence electrons. The van der Waals surface area contributed by atoms with E-state index in [-0.39, 0.29) is 12.1 Å². The zero-order chi connectivity index (χ0) is 10.7. The average Bonchev–Trinajstić information content (AvgIpc) is 2.07. The predicted molar refractivity (Wildman–Crippen MR) is 55.4 cm³/mol. The molecule has 14 heavy (non-hydrogen) atoms. The zero-order valence-corrected chi connectivity index (χ0v) is 9.21. The lowest BCUT2D eigenvalue weighted by molar-refractivity contribution is -0.385. The Balaban J connectivity index is 3.22. The van der Waals surface area contributed by atoms with Crippen LogP contribution in [0.4, 0.5) is 5.69 Å². The highest BCUT2D eigenvalue weighted by Gasteiger charge is 2.17. The highest BCUT2D eigenvalue weighted by atomic mass is 79.9. The molecule has 0 aliphatic rings. The fourth-order valence-corrected chi connectivity index (χ4v) is 1.66. The molecule has 0 atom stereocenters. The molecule has 4 nitrogen and oxygen atoms in total. The Hall–Kier alpha value is -0.940. The largest absolute Gasteiger partial charge is 0.281 e. The van der Waals surface area contributed by atoms with Crippen molar-refractivity contribution in [1.82, 2.24) is 0 Å². The van der Waals surface area contributed by atoms with Crippen LogP contribution in [0.1, 0.15) is 5.56 Å². The minimum atomic E-state index is -0.625. The first-order valence-electron chi connectivity index (χ1n) is 3.62. The second-order valence-corrected chi connectivity index (χ2v) is 3.80. The number of carbonyl (C=O) groups excluding carboxylic acids is 1. The van der Waals surface area contributed by atoms with Crippen LogP contribution < -0.4 is 0 Å². The number of hydrogen-bond donors (Lipinski definition) is 0. The third kappa shape index (κ3) is 2.52. The molecule has 0 saturated heterocycles. The van der Waals surface area contributed by atoms with E-state index in [1.54, 1.807) is 6.07 Å². The summed E-state index contributed by atoms with van der Waals surface area (Å²) >= 11 is 8.31. The molecule has 0 unspecified atom stereocenters. The number of nitro groups is 1. The van der Waals surface area contributed by atoms with Crippen LogP contribution in [0, 0.1) is 10.1 Å². The van der Waals surface area contributed by atoms with E-state index in [1.807, 2.05) is 0 Å². The summed E-state index contributed by atoms with van der Waals surface area (Å²) in [5.41, 5.74) is 0.200. The van der Waals surface area contributed by atoms with E-state index in [9.17, 15) is 14.9 Å². The van der Waals surface area contributed by atoms with Crippen LogP contribution in [0.25, 0.3) is 0 Å². The highest BCUT2D eigenvalue weighted by molar-refractivity contribution is 9.10. The summed E-state index contributed by atoms with van der Waals surface area (Å²) in [4.78, 5) is 20.7. The normalized spacial score (nSPS) is 9.86. The van der Waals surface area contributed by atoms with E-state index in [0.29, 0.717) is 10.0 Å². The maximum Gasteiger partial charge on any atom is 0.274 e. The number of rotatable bonds is 3. The highest BCUT2D eigenvalue weighted by Crippen LogP contribution is 2.27. The average molecular weight is 278 g/mol. The van der Waals surface area contributed by atoms with E-state index in [4.69, 9.17) is 11.6 Å². The standard InChI is InChI=1S/C8H5BrClNO3/c9-6-2-1-3-7(11(13)14)5(6)4-8(10)12/h1-3H,4H2. The molecule has 0 spiro atoms. The van der Waals surface area contributed by atoms with Gasteiger partial charge >= 0.3 is 0 Å². The number of nitro benzene ring substituents is 1. The molecule has 0 N–H and O–H groups in total. The van der Waals surface area contributed by atoms with Crippen molar-refractivity contribution in [2.45, 2.75) is 6.42 Å². The second kappa shape index (κ2) is 4.52. The van der Waals surface area contributed by atoms with Gasteiger partial charge in [0.15, 0.2) is 0 Å². The van der Waals surface area contributed by atoms with E-state index >= 15 is 0 Å². The van der Waals surface area contributed by atoms with Gasteiger partial charge in [0, 0.05) is 10.5 Å². The zero-order valence-electron chi connectivity index (χ0n) is 6.87. The van der Waals surface area contributed by atoms with Crippen LogP contribution >= 0.6 is 27.5 Å². The molecule has 0 aliphatic heterocycles. The molecule has 1 rings (SSSR count). The lowest BCUT2D eigenvalue weighted by Crippen LogP contribution is -2.00. The summed E-state index contributed by atoms with van der Waals surface area (Å²) in [6, 6.07) is 4.49. The van der Waals surface area contributed by atoms with Crippen LogP contribution in [0.15, 0.2) is 22.7 Å². The SMILES string of the molecule is O=C(Cl)Cc1c(Br)cccc1[N+](=O)[O-]. The molecule has 0 heterocycles. The minimum absolute atomic E-state index is 0.103. The number of carbonyl (C=O) groups is 1. The molecular weight excluding hydrogens is 273 g/mol. The molecule has 0 bridgehead atoms. The van der Waals surface area contributed by atoms with Crippen molar-refractivity contribution in [1.29, 1.82) is 0 Å². The van der Waals surface area contributed by atoms with Crippen LogP contribution in [-0.4, -0.2) is 10.2 Å². The van der Waals surface area contributed by atoms with Crippen LogP contribution in [0.5, 0.6) is 0 Å². The van der Waals surface area contributed by atoms with E-state index < -0.39 is 10.2 Å². The maximum absolute atomic E-state index is 10.7. The Morgan fingerprint density at radius 1 is 1.57 bits per heavy atom. The van der Waals surface area contributed by atoms with Gasteiger partial charge in [-0.3, -0.25) is 14.9 Å². The third-order valence-electron chi connectivity index (χ3n) is 1.61. The van der Waals surface area contributed by atoms with Gasteiger partial charge in [-0.05, 0) is 17.7 Å². The number of benzene rings is 1. The smallest absolute Gasteiger partial charge is 0.274 e. The van der Waals surface area contributed by atoms with Gasteiger partial charge in [0.2, 0.25) is 5.24 Å². The number of hydrogen-bond acceptors (Lipinski definition) is 3. The van der Waals surface area contributed by atoms with Crippen molar-refractivity contribution in [2.24, 2.45) is 0 Å². The van der Waals surface area contributed by atoms with Crippen LogP contribution in [0.3, 0.4) is 0 Å². The Labute approximate surface area is 93.1 Å². The van der Waals surface area contributed by atoms with Gasteiger partial charge in [-0.25, -0.2) is 0 Å². The Morgan fingerprint density at radius 3 is 2.71 bits per heavy atom. The molecule has 1 aromatic carbocycles. The second-order valence-electron chi connectivity index (χ2n) is 2.53. The van der Waals surface area contributed by atoms with Crippen molar-refractivity contribution in [3.63, 3.8) is 0 Å². The number of halogens is 2. The summed E-state index contributed by atoms with van der Waals surface area (Å²) in [6.45, 7) is 0. The third-order valence-corrected chi connectivity index (χ3v) is 2.48. The van der Waals surface area contributed by atoms with E-state index in [1.165, 1.54) is 12.1 Å². The van der Waals surface area contributed by atoms with Crippen molar-refractivity contribution in [2.75, 3.05) is 0 Å². The molecule has 1 aromatic rings. The van der Waals surface area contributed by atoms with Gasteiger partial charge in [0.25, 0.3) is 5.69 Å². The van der Waals surface area contributed by atoms with Crippen molar-refractivity contribution in [3.05, 3.63) is 38.3 Å². The van der Waals surface area contributed by atoms with Gasteiger partial charge in [0.05, 0.1) is 16.9 Å². The van der Waals surface area contributed by atoms with Gasteiger partial charge in [-0.15, -0.1) is 0 Å². The maximum atomic E-state index is 10.7. The number of nitrogens with zero attached hydrogens (tertiary/aromatic N) is 1.